The van der Waals surface area contributed by atoms with Gasteiger partial charge in [0.25, 0.3) is 0 Å². The Labute approximate surface area is 109 Å². The lowest BCUT2D eigenvalue weighted by molar-refractivity contribution is -0.112. The first-order valence-corrected chi connectivity index (χ1v) is 6.65. The Morgan fingerprint density at radius 3 is 2.89 bits per heavy atom. The molecule has 3 nitrogen and oxygen atoms in total. The van der Waals surface area contributed by atoms with Gasteiger partial charge in [0.1, 0.15) is 18.6 Å². The molecule has 1 aromatic rings. The fourth-order valence-corrected chi connectivity index (χ4v) is 2.33. The van der Waals surface area contributed by atoms with Crippen molar-refractivity contribution >= 4 is 6.29 Å². The first kappa shape index (κ1) is 13.1. The highest BCUT2D eigenvalue weighted by Crippen LogP contribution is 2.15. The van der Waals surface area contributed by atoms with Crippen LogP contribution in [0.5, 0.6) is 5.75 Å². The van der Waals surface area contributed by atoms with Gasteiger partial charge in [-0.25, -0.2) is 0 Å². The second kappa shape index (κ2) is 6.55. The summed E-state index contributed by atoms with van der Waals surface area (Å²) in [7, 11) is 0. The molecule has 1 aliphatic rings. The zero-order valence-electron chi connectivity index (χ0n) is 11.0. The van der Waals surface area contributed by atoms with Crippen molar-refractivity contribution in [2.75, 3.05) is 26.2 Å². The van der Waals surface area contributed by atoms with Crippen LogP contribution in [-0.4, -0.2) is 37.4 Å². The van der Waals surface area contributed by atoms with Gasteiger partial charge < -0.3 is 9.53 Å². The van der Waals surface area contributed by atoms with Crippen LogP contribution in [0.15, 0.2) is 24.3 Å². The molecule has 18 heavy (non-hydrogen) atoms. The maximum atomic E-state index is 10.8. The van der Waals surface area contributed by atoms with E-state index < -0.39 is 0 Å². The summed E-state index contributed by atoms with van der Waals surface area (Å²) in [6.45, 7) is 5.63. The lowest BCUT2D eigenvalue weighted by Gasteiger charge is -2.29. The molecular formula is C15H21NO2. The summed E-state index contributed by atoms with van der Waals surface area (Å²) in [6.07, 6.45) is 3.25. The van der Waals surface area contributed by atoms with E-state index in [4.69, 9.17) is 4.74 Å². The second-order valence-electron chi connectivity index (χ2n) is 5.00. The van der Waals surface area contributed by atoms with Gasteiger partial charge in [-0.3, -0.25) is 4.90 Å². The lowest BCUT2D eigenvalue weighted by atomic mass is 10.00. The van der Waals surface area contributed by atoms with Crippen LogP contribution in [0.4, 0.5) is 0 Å². The number of carbonyl (C=O) groups is 1. The summed E-state index contributed by atoms with van der Waals surface area (Å²) in [4.78, 5) is 13.1. The number of nitrogens with zero attached hydrogens (tertiary/aromatic N) is 1. The van der Waals surface area contributed by atoms with E-state index in [0.717, 1.165) is 44.5 Å². The predicted molar refractivity (Wildman–Crippen MR) is 71.9 cm³/mol. The van der Waals surface area contributed by atoms with Crippen LogP contribution in [0, 0.1) is 12.8 Å². The molecule has 98 valence electrons. The van der Waals surface area contributed by atoms with Crippen molar-refractivity contribution in [3.05, 3.63) is 29.8 Å². The van der Waals surface area contributed by atoms with Crippen LogP contribution >= 0.6 is 0 Å². The molecule has 0 aliphatic carbocycles. The molecule has 0 bridgehead atoms. The number of hydrogen-bond acceptors (Lipinski definition) is 3. The molecule has 1 unspecified atom stereocenters. The molecule has 1 fully saturated rings. The summed E-state index contributed by atoms with van der Waals surface area (Å²) < 4.78 is 5.70. The molecule has 1 aromatic carbocycles. The number of benzene rings is 1. The summed E-state index contributed by atoms with van der Waals surface area (Å²) in [5, 5.41) is 0. The SMILES string of the molecule is Cc1ccc(OCCN2CCCC(C=O)C2)cc1. The molecule has 1 atom stereocenters. The summed E-state index contributed by atoms with van der Waals surface area (Å²) in [5.74, 6) is 1.14. The number of aldehydes is 1. The lowest BCUT2D eigenvalue weighted by Crippen LogP contribution is -2.38. The zero-order chi connectivity index (χ0) is 12.8. The molecule has 3 heteroatoms. The van der Waals surface area contributed by atoms with Crippen molar-refractivity contribution in [1.82, 2.24) is 4.90 Å². The van der Waals surface area contributed by atoms with Gasteiger partial charge in [-0.2, -0.15) is 0 Å². The summed E-state index contributed by atoms with van der Waals surface area (Å²) >= 11 is 0. The molecule has 0 N–H and O–H groups in total. The van der Waals surface area contributed by atoms with Crippen LogP contribution in [-0.2, 0) is 4.79 Å². The third-order valence-corrected chi connectivity index (χ3v) is 3.43. The van der Waals surface area contributed by atoms with E-state index in [1.54, 1.807) is 0 Å². The van der Waals surface area contributed by atoms with E-state index in [1.165, 1.54) is 5.56 Å². The molecule has 0 saturated carbocycles. The number of ether oxygens (including phenoxy) is 1. The smallest absolute Gasteiger partial charge is 0.124 e. The van der Waals surface area contributed by atoms with Crippen molar-refractivity contribution in [2.45, 2.75) is 19.8 Å². The van der Waals surface area contributed by atoms with E-state index in [2.05, 4.69) is 24.0 Å². The standard InChI is InChI=1S/C15H21NO2/c1-13-4-6-15(7-5-13)18-10-9-16-8-2-3-14(11-16)12-17/h4-7,12,14H,2-3,8-11H2,1H3. The molecule has 2 rings (SSSR count). The Bertz CT molecular complexity index is 375. The molecule has 1 heterocycles. The molecule has 0 radical (unpaired) electrons. The molecule has 1 aliphatic heterocycles. The minimum absolute atomic E-state index is 0.220. The predicted octanol–water partition coefficient (Wildman–Crippen LogP) is 2.28. The van der Waals surface area contributed by atoms with Crippen LogP contribution in [0.2, 0.25) is 0 Å². The highest BCUT2D eigenvalue weighted by molar-refractivity contribution is 5.53. The minimum atomic E-state index is 0.220. The summed E-state index contributed by atoms with van der Waals surface area (Å²) in [6, 6.07) is 8.11. The van der Waals surface area contributed by atoms with Gasteiger partial charge in [0.15, 0.2) is 0 Å². The van der Waals surface area contributed by atoms with Crippen molar-refractivity contribution in [2.24, 2.45) is 5.92 Å². The van der Waals surface area contributed by atoms with Gasteiger partial charge in [0.05, 0.1) is 0 Å². The molecule has 0 aromatic heterocycles. The molecular weight excluding hydrogens is 226 g/mol. The van der Waals surface area contributed by atoms with Crippen molar-refractivity contribution in [3.8, 4) is 5.75 Å². The normalized spacial score (nSPS) is 20.6. The Kier molecular flexibility index (Phi) is 4.76. The van der Waals surface area contributed by atoms with Gasteiger partial charge in [-0.05, 0) is 38.4 Å². The minimum Gasteiger partial charge on any atom is -0.492 e. The fourth-order valence-electron chi connectivity index (χ4n) is 2.33. The fraction of sp³-hybridized carbons (Fsp3) is 0.533. The molecule has 0 spiro atoms. The van der Waals surface area contributed by atoms with Crippen molar-refractivity contribution < 1.29 is 9.53 Å². The van der Waals surface area contributed by atoms with Crippen LogP contribution in [0.25, 0.3) is 0 Å². The quantitative estimate of drug-likeness (QED) is 0.748. The van der Waals surface area contributed by atoms with Gasteiger partial charge in [-0.15, -0.1) is 0 Å². The highest BCUT2D eigenvalue weighted by Gasteiger charge is 2.18. The Hall–Kier alpha value is -1.35. The molecule has 0 amide bonds. The van der Waals surface area contributed by atoms with Gasteiger partial charge >= 0.3 is 0 Å². The van der Waals surface area contributed by atoms with E-state index in [0.29, 0.717) is 6.61 Å². The number of piperidine rings is 1. The van der Waals surface area contributed by atoms with E-state index in [-0.39, 0.29) is 5.92 Å². The highest BCUT2D eigenvalue weighted by atomic mass is 16.5. The van der Waals surface area contributed by atoms with Gasteiger partial charge in [0, 0.05) is 19.0 Å². The Morgan fingerprint density at radius 1 is 1.39 bits per heavy atom. The monoisotopic (exact) mass is 247 g/mol. The van der Waals surface area contributed by atoms with E-state index in [1.807, 2.05) is 12.1 Å². The van der Waals surface area contributed by atoms with Crippen molar-refractivity contribution in [1.29, 1.82) is 0 Å². The first-order valence-electron chi connectivity index (χ1n) is 6.65. The largest absolute Gasteiger partial charge is 0.492 e. The zero-order valence-corrected chi connectivity index (χ0v) is 11.0. The number of aryl methyl sites for hydroxylation is 1. The topological polar surface area (TPSA) is 29.5 Å². The number of hydrogen-bond donors (Lipinski definition) is 0. The average molecular weight is 247 g/mol. The maximum absolute atomic E-state index is 10.8. The van der Waals surface area contributed by atoms with Gasteiger partial charge in [-0.1, -0.05) is 17.7 Å². The first-order chi connectivity index (χ1) is 8.78. The third-order valence-electron chi connectivity index (χ3n) is 3.43. The van der Waals surface area contributed by atoms with E-state index in [9.17, 15) is 4.79 Å². The molecule has 1 saturated heterocycles. The summed E-state index contributed by atoms with van der Waals surface area (Å²) in [5.41, 5.74) is 1.24. The number of likely N-dealkylation sites (tertiary alicyclic amines) is 1. The van der Waals surface area contributed by atoms with Crippen LogP contribution < -0.4 is 4.74 Å². The van der Waals surface area contributed by atoms with Crippen molar-refractivity contribution in [3.63, 3.8) is 0 Å². The van der Waals surface area contributed by atoms with Crippen LogP contribution in [0.3, 0.4) is 0 Å². The maximum Gasteiger partial charge on any atom is 0.124 e. The number of carbonyl (C=O) groups excluding carboxylic acids is 1. The Morgan fingerprint density at radius 2 is 2.17 bits per heavy atom. The van der Waals surface area contributed by atoms with Crippen LogP contribution in [0.1, 0.15) is 18.4 Å². The Balaban J connectivity index is 1.71. The van der Waals surface area contributed by atoms with Gasteiger partial charge in [0.2, 0.25) is 0 Å². The average Bonchev–Trinajstić information content (AvgIpc) is 2.41. The third kappa shape index (κ3) is 3.84. The van der Waals surface area contributed by atoms with E-state index >= 15 is 0 Å². The second-order valence-corrected chi connectivity index (χ2v) is 5.00. The number of rotatable bonds is 5.